The van der Waals surface area contributed by atoms with Gasteiger partial charge in [0.2, 0.25) is 6.10 Å². The first-order valence-corrected chi connectivity index (χ1v) is 17.6. The molecule has 3 N–H and O–H groups in total. The van der Waals surface area contributed by atoms with Gasteiger partial charge in [-0.25, -0.2) is 13.6 Å². The standard InChI is InChI=1S/C38H26F11N3O5S/c1-56-28-12-6-17(23-14-18(5-10-26(23)39)32(38(47,48)49)57-35(55)51-20-3-2-4-20)13-24(28)33(53)52-30-22-9-7-19(36(41,42)43)15-29(22)58-31(30)34(54)50-21-8-11-27(40)25(16-21)37(44,45)46/h5-16,20,32H,2-4H2,1H3,(H,50,54)(H,51,55)(H,52,53)/t32-/m0/s1. The number of fused-ring (bicyclic) bond motifs is 1. The second-order valence-electron chi connectivity index (χ2n) is 12.9. The van der Waals surface area contributed by atoms with Crippen molar-refractivity contribution in [2.75, 3.05) is 17.7 Å². The molecule has 0 unspecified atom stereocenters. The number of carbonyl (C=O) groups is 3. The van der Waals surface area contributed by atoms with E-state index in [1.165, 1.54) is 6.07 Å². The number of anilines is 2. The molecule has 0 radical (unpaired) electrons. The third-order valence-electron chi connectivity index (χ3n) is 8.99. The minimum absolute atomic E-state index is 0.125. The Bertz CT molecular complexity index is 2410. The van der Waals surface area contributed by atoms with Crippen LogP contribution in [0.1, 0.15) is 62.1 Å². The van der Waals surface area contributed by atoms with Crippen LogP contribution in [0, 0.1) is 11.6 Å². The molecule has 0 aliphatic heterocycles. The number of alkyl halides is 9. The van der Waals surface area contributed by atoms with E-state index in [0.717, 1.165) is 49.9 Å². The summed E-state index contributed by atoms with van der Waals surface area (Å²) in [6, 6.07) is 8.99. The number of hydrogen-bond donors (Lipinski definition) is 3. The lowest BCUT2D eigenvalue weighted by atomic mass is 9.93. The molecular weight excluding hydrogens is 819 g/mol. The average Bonchev–Trinajstić information content (AvgIpc) is 3.49. The van der Waals surface area contributed by atoms with E-state index in [0.29, 0.717) is 48.4 Å². The number of halogens is 11. The first-order valence-electron chi connectivity index (χ1n) is 16.8. The number of ether oxygens (including phenoxy) is 2. The van der Waals surface area contributed by atoms with E-state index in [9.17, 15) is 58.3 Å². The van der Waals surface area contributed by atoms with E-state index in [-0.39, 0.29) is 33.5 Å². The lowest BCUT2D eigenvalue weighted by Crippen LogP contribution is -2.41. The highest BCUT2D eigenvalue weighted by Crippen LogP contribution is 2.42. The van der Waals surface area contributed by atoms with Gasteiger partial charge >= 0.3 is 24.6 Å². The molecule has 1 heterocycles. The Morgan fingerprint density at radius 2 is 1.48 bits per heavy atom. The Kier molecular flexibility index (Phi) is 11.4. The van der Waals surface area contributed by atoms with E-state index in [1.807, 2.05) is 0 Å². The Balaban J connectivity index is 1.37. The van der Waals surface area contributed by atoms with Crippen LogP contribution in [-0.4, -0.2) is 37.2 Å². The SMILES string of the molecule is COc1ccc(-c2cc([C@H](OC(=O)NC3CCC3)C(F)(F)F)ccc2F)cc1C(=O)Nc1c(C(=O)Nc2ccc(F)c(C(F)(F)F)c2)sc2cc(C(F)(F)F)ccc12. The number of thiophene rings is 1. The second kappa shape index (κ2) is 15.8. The molecule has 3 amide bonds. The van der Waals surface area contributed by atoms with Gasteiger partial charge in [0.05, 0.1) is 29.5 Å². The fourth-order valence-electron chi connectivity index (χ4n) is 5.91. The Morgan fingerprint density at radius 1 is 0.776 bits per heavy atom. The Hall–Kier alpha value is -5.92. The van der Waals surface area contributed by atoms with Gasteiger partial charge in [0.25, 0.3) is 11.8 Å². The van der Waals surface area contributed by atoms with E-state index in [1.54, 1.807) is 0 Å². The number of methoxy groups -OCH3 is 1. The van der Waals surface area contributed by atoms with Crippen molar-refractivity contribution < 1.29 is 72.2 Å². The quantitative estimate of drug-likeness (QED) is 0.128. The zero-order valence-electron chi connectivity index (χ0n) is 29.3. The molecule has 306 valence electrons. The summed E-state index contributed by atoms with van der Waals surface area (Å²) < 4.78 is 162. The average molecular weight is 846 g/mol. The zero-order valence-corrected chi connectivity index (χ0v) is 30.1. The van der Waals surface area contributed by atoms with Crippen molar-refractivity contribution in [1.29, 1.82) is 0 Å². The molecule has 1 aliphatic carbocycles. The lowest BCUT2D eigenvalue weighted by molar-refractivity contribution is -0.206. The van der Waals surface area contributed by atoms with E-state index in [2.05, 4.69) is 16.0 Å². The van der Waals surface area contributed by atoms with Crippen molar-refractivity contribution in [3.63, 3.8) is 0 Å². The smallest absolute Gasteiger partial charge is 0.429 e. The van der Waals surface area contributed by atoms with Crippen LogP contribution >= 0.6 is 11.3 Å². The number of rotatable bonds is 9. The Labute approximate surface area is 323 Å². The highest BCUT2D eigenvalue weighted by atomic mass is 32.1. The van der Waals surface area contributed by atoms with Gasteiger partial charge in [-0.1, -0.05) is 18.2 Å². The first-order chi connectivity index (χ1) is 27.1. The third-order valence-corrected chi connectivity index (χ3v) is 10.1. The van der Waals surface area contributed by atoms with Crippen molar-refractivity contribution in [2.24, 2.45) is 0 Å². The molecular formula is C38H26F11N3O5S. The molecule has 1 aromatic heterocycles. The maximum atomic E-state index is 15.3. The molecule has 0 spiro atoms. The molecule has 1 fully saturated rings. The maximum absolute atomic E-state index is 15.3. The van der Waals surface area contributed by atoms with Crippen molar-refractivity contribution >= 4 is 50.7 Å². The number of nitrogens with one attached hydrogen (secondary N) is 3. The van der Waals surface area contributed by atoms with Crippen molar-refractivity contribution in [3.05, 3.63) is 112 Å². The van der Waals surface area contributed by atoms with Gasteiger partial charge in [-0.3, -0.25) is 9.59 Å². The maximum Gasteiger partial charge on any atom is 0.429 e. The van der Waals surface area contributed by atoms with Gasteiger partial charge in [-0.15, -0.1) is 11.3 Å². The van der Waals surface area contributed by atoms with Crippen molar-refractivity contribution in [2.45, 2.75) is 49.9 Å². The minimum atomic E-state index is -5.16. The molecule has 0 bridgehead atoms. The predicted octanol–water partition coefficient (Wildman–Crippen LogP) is 11.3. The molecule has 1 saturated carbocycles. The molecule has 4 aromatic carbocycles. The minimum Gasteiger partial charge on any atom is -0.496 e. The van der Waals surface area contributed by atoms with Crippen LogP contribution in [0.15, 0.2) is 72.8 Å². The topological polar surface area (TPSA) is 106 Å². The summed E-state index contributed by atoms with van der Waals surface area (Å²) in [6.07, 6.45) is -17.4. The van der Waals surface area contributed by atoms with Crippen molar-refractivity contribution in [1.82, 2.24) is 5.32 Å². The van der Waals surface area contributed by atoms with E-state index >= 15 is 4.39 Å². The number of hydrogen-bond acceptors (Lipinski definition) is 6. The largest absolute Gasteiger partial charge is 0.496 e. The first kappa shape index (κ1) is 41.7. The number of amides is 3. The van der Waals surface area contributed by atoms with Gasteiger partial charge in [0.1, 0.15) is 22.3 Å². The molecule has 1 atom stereocenters. The van der Waals surface area contributed by atoms with Crippen LogP contribution in [0.2, 0.25) is 0 Å². The highest BCUT2D eigenvalue weighted by Gasteiger charge is 2.45. The Morgan fingerprint density at radius 3 is 2.10 bits per heavy atom. The molecule has 20 heteroatoms. The van der Waals surface area contributed by atoms with E-state index in [4.69, 9.17) is 9.47 Å². The molecule has 5 aromatic rings. The zero-order chi connectivity index (χ0) is 42.3. The lowest BCUT2D eigenvalue weighted by Gasteiger charge is -2.28. The number of carbonyl (C=O) groups excluding carboxylic acids is 3. The van der Waals surface area contributed by atoms with Crippen LogP contribution in [0.5, 0.6) is 5.75 Å². The molecule has 0 saturated heterocycles. The van der Waals surface area contributed by atoms with Gasteiger partial charge in [-0.05, 0) is 79.4 Å². The highest BCUT2D eigenvalue weighted by molar-refractivity contribution is 7.21. The summed E-state index contributed by atoms with van der Waals surface area (Å²) in [4.78, 5) is 39.2. The normalized spacial score (nSPS) is 14.1. The summed E-state index contributed by atoms with van der Waals surface area (Å²) >= 11 is 0.425. The molecule has 58 heavy (non-hydrogen) atoms. The molecule has 6 rings (SSSR count). The summed E-state index contributed by atoms with van der Waals surface area (Å²) in [5, 5.41) is 6.71. The van der Waals surface area contributed by atoms with Gasteiger partial charge < -0.3 is 25.4 Å². The fraction of sp³-hybridized carbons (Fsp3) is 0.237. The fourth-order valence-corrected chi connectivity index (χ4v) is 7.00. The number of alkyl carbamates (subject to hydrolysis) is 1. The molecule has 1 aliphatic rings. The van der Waals surface area contributed by atoms with Crippen molar-refractivity contribution in [3.8, 4) is 16.9 Å². The summed E-state index contributed by atoms with van der Waals surface area (Å²) in [5.41, 5.74) is -5.60. The van der Waals surface area contributed by atoms with E-state index < -0.39 is 98.2 Å². The summed E-state index contributed by atoms with van der Waals surface area (Å²) in [6.45, 7) is 0. The van der Waals surface area contributed by atoms with Crippen LogP contribution < -0.4 is 20.7 Å². The summed E-state index contributed by atoms with van der Waals surface area (Å²) in [7, 11) is 1.13. The van der Waals surface area contributed by atoms with Crippen LogP contribution in [0.3, 0.4) is 0 Å². The van der Waals surface area contributed by atoms with Crippen LogP contribution in [0.25, 0.3) is 21.2 Å². The van der Waals surface area contributed by atoms with Gasteiger partial charge in [0.15, 0.2) is 0 Å². The second-order valence-corrected chi connectivity index (χ2v) is 13.9. The predicted molar refractivity (Wildman–Crippen MR) is 189 cm³/mol. The number of benzene rings is 4. The summed E-state index contributed by atoms with van der Waals surface area (Å²) in [5.74, 6) is -5.25. The third kappa shape index (κ3) is 8.95. The van der Waals surface area contributed by atoms with Crippen LogP contribution in [-0.2, 0) is 17.1 Å². The monoisotopic (exact) mass is 845 g/mol. The van der Waals surface area contributed by atoms with Gasteiger partial charge in [-0.2, -0.15) is 39.5 Å². The molecule has 8 nitrogen and oxygen atoms in total. The van der Waals surface area contributed by atoms with Crippen LogP contribution in [0.4, 0.5) is 64.5 Å². The van der Waals surface area contributed by atoms with Gasteiger partial charge in [0, 0.05) is 32.9 Å².